The van der Waals surface area contributed by atoms with Crippen molar-refractivity contribution in [1.82, 2.24) is 0 Å². The highest BCUT2D eigenvalue weighted by Gasteiger charge is 2.32. The fourth-order valence-corrected chi connectivity index (χ4v) is 3.80. The first-order valence-electron chi connectivity index (χ1n) is 8.27. The van der Waals surface area contributed by atoms with Gasteiger partial charge in [0, 0.05) is 23.6 Å². The normalized spacial score (nSPS) is 19.4. The highest BCUT2D eigenvalue weighted by Crippen LogP contribution is 2.34. The van der Waals surface area contributed by atoms with Gasteiger partial charge < -0.3 is 16.0 Å². The fraction of sp³-hybridized carbons (Fsp3) is 0.316. The Morgan fingerprint density at radius 3 is 2.79 bits per heavy atom. The highest BCUT2D eigenvalue weighted by molar-refractivity contribution is 5.98. The summed E-state index contributed by atoms with van der Waals surface area (Å²) in [7, 11) is 0. The maximum Gasteiger partial charge on any atom is 0.247 e. The summed E-state index contributed by atoms with van der Waals surface area (Å²) in [5.41, 5.74) is 11.5. The molecule has 0 aromatic heterocycles. The topological polar surface area (TPSA) is 58.4 Å². The van der Waals surface area contributed by atoms with Crippen molar-refractivity contribution >= 4 is 35.4 Å². The number of nitrogens with one attached hydrogen (secondary N) is 1. The van der Waals surface area contributed by atoms with E-state index in [0.29, 0.717) is 0 Å². The van der Waals surface area contributed by atoms with E-state index < -0.39 is 0 Å². The molecule has 2 aliphatic rings. The molecule has 2 aromatic carbocycles. The van der Waals surface area contributed by atoms with Gasteiger partial charge in [-0.05, 0) is 55.0 Å². The van der Waals surface area contributed by atoms with E-state index in [4.69, 9.17) is 5.73 Å². The van der Waals surface area contributed by atoms with Gasteiger partial charge in [0.2, 0.25) is 5.91 Å². The molecule has 2 aromatic rings. The van der Waals surface area contributed by atoms with Crippen molar-refractivity contribution in [3.05, 3.63) is 53.6 Å². The van der Waals surface area contributed by atoms with E-state index in [1.807, 2.05) is 30.3 Å². The van der Waals surface area contributed by atoms with E-state index in [1.54, 1.807) is 0 Å². The van der Waals surface area contributed by atoms with Gasteiger partial charge in [0.05, 0.1) is 0 Å². The Kier molecular flexibility index (Phi) is 4.67. The molecule has 1 unspecified atom stereocenters. The molecule has 0 radical (unpaired) electrons. The SMILES string of the molecule is Cl.Nc1cccc2c1CCCN2C1CCc2ccccc2NC1=O. The van der Waals surface area contributed by atoms with Gasteiger partial charge in [-0.15, -0.1) is 12.4 Å². The molecular weight excluding hydrogens is 322 g/mol. The molecule has 1 atom stereocenters. The van der Waals surface area contributed by atoms with Crippen LogP contribution in [0.5, 0.6) is 0 Å². The van der Waals surface area contributed by atoms with Crippen LogP contribution in [0.2, 0.25) is 0 Å². The van der Waals surface area contributed by atoms with Crippen molar-refractivity contribution in [3.8, 4) is 0 Å². The van der Waals surface area contributed by atoms with E-state index in [2.05, 4.69) is 22.3 Å². The molecule has 126 valence electrons. The number of hydrogen-bond donors (Lipinski definition) is 2. The van der Waals surface area contributed by atoms with Gasteiger partial charge in [-0.25, -0.2) is 0 Å². The molecule has 3 N–H and O–H groups in total. The number of carbonyl (C=O) groups excluding carboxylic acids is 1. The predicted octanol–water partition coefficient (Wildman–Crippen LogP) is 3.40. The van der Waals surface area contributed by atoms with Crippen LogP contribution < -0.4 is 16.0 Å². The quantitative estimate of drug-likeness (QED) is 0.780. The molecule has 24 heavy (non-hydrogen) atoms. The average molecular weight is 344 g/mol. The number of nitrogens with two attached hydrogens (primary N) is 1. The number of benzene rings is 2. The van der Waals surface area contributed by atoms with E-state index in [-0.39, 0.29) is 24.4 Å². The van der Waals surface area contributed by atoms with Crippen molar-refractivity contribution in [2.24, 2.45) is 0 Å². The summed E-state index contributed by atoms with van der Waals surface area (Å²) in [6, 6.07) is 14.0. The van der Waals surface area contributed by atoms with Gasteiger partial charge in [-0.1, -0.05) is 24.3 Å². The van der Waals surface area contributed by atoms with Crippen LogP contribution >= 0.6 is 12.4 Å². The largest absolute Gasteiger partial charge is 0.398 e. The number of carbonyl (C=O) groups is 1. The molecule has 0 bridgehead atoms. The number of nitrogens with zero attached hydrogens (tertiary/aromatic N) is 1. The Hall–Kier alpha value is -2.20. The monoisotopic (exact) mass is 343 g/mol. The second kappa shape index (κ2) is 6.73. The Balaban J connectivity index is 0.00000169. The van der Waals surface area contributed by atoms with Crippen LogP contribution in [0, 0.1) is 0 Å². The lowest BCUT2D eigenvalue weighted by Gasteiger charge is -2.37. The first kappa shape index (κ1) is 16.7. The molecule has 0 fully saturated rings. The van der Waals surface area contributed by atoms with Gasteiger partial charge in [0.25, 0.3) is 0 Å². The summed E-state index contributed by atoms with van der Waals surface area (Å²) in [6.45, 7) is 0.908. The summed E-state index contributed by atoms with van der Waals surface area (Å²) in [5, 5.41) is 3.10. The molecule has 0 saturated heterocycles. The van der Waals surface area contributed by atoms with Crippen LogP contribution in [0.15, 0.2) is 42.5 Å². The smallest absolute Gasteiger partial charge is 0.247 e. The molecule has 0 saturated carbocycles. The summed E-state index contributed by atoms with van der Waals surface area (Å²) in [4.78, 5) is 15.0. The maximum atomic E-state index is 12.8. The Morgan fingerprint density at radius 2 is 1.92 bits per heavy atom. The van der Waals surface area contributed by atoms with Crippen LogP contribution in [-0.2, 0) is 17.6 Å². The van der Waals surface area contributed by atoms with Crippen molar-refractivity contribution < 1.29 is 4.79 Å². The lowest BCUT2D eigenvalue weighted by molar-refractivity contribution is -0.117. The van der Waals surface area contributed by atoms with Crippen LogP contribution in [-0.4, -0.2) is 18.5 Å². The number of hydrogen-bond acceptors (Lipinski definition) is 3. The molecule has 2 aliphatic heterocycles. The number of anilines is 3. The number of para-hydroxylation sites is 1. The average Bonchev–Trinajstić information content (AvgIpc) is 2.73. The first-order chi connectivity index (χ1) is 11.2. The second-order valence-corrected chi connectivity index (χ2v) is 6.34. The van der Waals surface area contributed by atoms with Crippen molar-refractivity contribution in [2.45, 2.75) is 31.7 Å². The standard InChI is InChI=1S/C19H21N3O.ClH/c20-15-7-3-9-17-14(15)6-4-12-22(17)18-11-10-13-5-1-2-8-16(13)21-19(18)23;/h1-3,5,7-9,18H,4,6,10-12,20H2,(H,21,23);1H. The Labute approximate surface area is 148 Å². The predicted molar refractivity (Wildman–Crippen MR) is 101 cm³/mol. The van der Waals surface area contributed by atoms with E-state index in [9.17, 15) is 4.79 Å². The zero-order valence-electron chi connectivity index (χ0n) is 13.5. The lowest BCUT2D eigenvalue weighted by Crippen LogP contribution is -2.46. The van der Waals surface area contributed by atoms with Crippen LogP contribution in [0.4, 0.5) is 17.1 Å². The molecule has 4 nitrogen and oxygen atoms in total. The Bertz CT molecular complexity index is 762. The molecule has 5 heteroatoms. The van der Waals surface area contributed by atoms with Gasteiger partial charge in [0.15, 0.2) is 0 Å². The molecule has 4 rings (SSSR count). The summed E-state index contributed by atoms with van der Waals surface area (Å²) >= 11 is 0. The molecule has 2 heterocycles. The van der Waals surface area contributed by atoms with Gasteiger partial charge in [-0.2, -0.15) is 0 Å². The van der Waals surface area contributed by atoms with Crippen LogP contribution in [0.3, 0.4) is 0 Å². The number of aryl methyl sites for hydroxylation is 1. The van der Waals surface area contributed by atoms with E-state index in [1.165, 1.54) is 11.1 Å². The first-order valence-corrected chi connectivity index (χ1v) is 8.27. The molecular formula is C19H22ClN3O. The number of halogens is 1. The number of amides is 1. The molecule has 1 amide bonds. The van der Waals surface area contributed by atoms with Crippen LogP contribution in [0.1, 0.15) is 24.0 Å². The van der Waals surface area contributed by atoms with Crippen molar-refractivity contribution in [2.75, 3.05) is 22.5 Å². The third-order valence-corrected chi connectivity index (χ3v) is 4.96. The summed E-state index contributed by atoms with van der Waals surface area (Å²) in [5.74, 6) is 0.0882. The van der Waals surface area contributed by atoms with Crippen LogP contribution in [0.25, 0.3) is 0 Å². The fourth-order valence-electron chi connectivity index (χ4n) is 3.80. The number of nitrogen functional groups attached to an aromatic ring is 1. The van der Waals surface area contributed by atoms with Gasteiger partial charge in [-0.3, -0.25) is 4.79 Å². The van der Waals surface area contributed by atoms with Crippen molar-refractivity contribution in [1.29, 1.82) is 0 Å². The number of rotatable bonds is 1. The van der Waals surface area contributed by atoms with Crippen molar-refractivity contribution in [3.63, 3.8) is 0 Å². The maximum absolute atomic E-state index is 12.8. The second-order valence-electron chi connectivity index (χ2n) is 6.34. The zero-order valence-corrected chi connectivity index (χ0v) is 14.3. The molecule has 0 spiro atoms. The minimum atomic E-state index is -0.136. The minimum Gasteiger partial charge on any atom is -0.398 e. The third-order valence-electron chi connectivity index (χ3n) is 4.96. The lowest BCUT2D eigenvalue weighted by atomic mass is 9.96. The highest BCUT2D eigenvalue weighted by atomic mass is 35.5. The van der Waals surface area contributed by atoms with Gasteiger partial charge >= 0.3 is 0 Å². The molecule has 0 aliphatic carbocycles. The Morgan fingerprint density at radius 1 is 1.08 bits per heavy atom. The van der Waals surface area contributed by atoms with Gasteiger partial charge in [0.1, 0.15) is 6.04 Å². The summed E-state index contributed by atoms with van der Waals surface area (Å²) < 4.78 is 0. The van der Waals surface area contributed by atoms with E-state index in [0.717, 1.165) is 49.3 Å². The zero-order chi connectivity index (χ0) is 15.8. The van der Waals surface area contributed by atoms with E-state index >= 15 is 0 Å². The number of fused-ring (bicyclic) bond motifs is 2. The minimum absolute atomic E-state index is 0. The summed E-state index contributed by atoms with van der Waals surface area (Å²) in [6.07, 6.45) is 3.77. The third kappa shape index (κ3) is 2.82.